The van der Waals surface area contributed by atoms with Gasteiger partial charge in [0.25, 0.3) is 5.91 Å². The van der Waals surface area contributed by atoms with Gasteiger partial charge in [-0.2, -0.15) is 0 Å². The third-order valence-corrected chi connectivity index (χ3v) is 3.42. The number of hydrogen-bond acceptors (Lipinski definition) is 4. The molecule has 0 saturated carbocycles. The summed E-state index contributed by atoms with van der Waals surface area (Å²) in [7, 11) is -2.85. The largest absolute Gasteiger partial charge is 0.382 e. The number of nitrogens with one attached hydrogen (secondary N) is 1. The van der Waals surface area contributed by atoms with E-state index in [1.54, 1.807) is 13.8 Å². The van der Waals surface area contributed by atoms with Crippen molar-refractivity contribution in [2.24, 2.45) is 5.14 Å². The molecule has 1 aromatic carbocycles. The topological polar surface area (TPSA) is 98.5 Å². The lowest BCUT2D eigenvalue weighted by atomic mass is 10.1. The van der Waals surface area contributed by atoms with Crippen molar-refractivity contribution in [2.45, 2.75) is 24.3 Å². The van der Waals surface area contributed by atoms with Crippen LogP contribution in [0.15, 0.2) is 17.0 Å². The maximum Gasteiger partial charge on any atom is 0.254 e. The lowest BCUT2D eigenvalue weighted by Gasteiger charge is -2.25. The number of amides is 1. The Morgan fingerprint density at radius 2 is 1.95 bits per heavy atom. The Labute approximate surface area is 121 Å². The number of primary sulfonamides is 1. The third kappa shape index (κ3) is 4.45. The zero-order valence-electron chi connectivity index (χ0n) is 11.7. The lowest BCUT2D eigenvalue weighted by molar-refractivity contribution is 0.0815. The number of hydrogen-bond donors (Lipinski definition) is 2. The summed E-state index contributed by atoms with van der Waals surface area (Å²) in [5.41, 5.74) is -1.60. The van der Waals surface area contributed by atoms with Crippen molar-refractivity contribution in [2.75, 3.05) is 13.7 Å². The Bertz CT molecular complexity index is 659. The highest BCUT2D eigenvalue weighted by Gasteiger charge is 2.26. The van der Waals surface area contributed by atoms with Gasteiger partial charge in [0.1, 0.15) is 0 Å². The minimum atomic E-state index is -4.26. The van der Waals surface area contributed by atoms with E-state index in [0.29, 0.717) is 12.1 Å². The molecule has 6 nitrogen and oxygen atoms in total. The molecule has 0 aliphatic rings. The molecule has 0 saturated heterocycles. The minimum absolute atomic E-state index is 0.123. The van der Waals surface area contributed by atoms with E-state index in [4.69, 9.17) is 9.88 Å². The summed E-state index contributed by atoms with van der Waals surface area (Å²) in [5, 5.41) is 7.27. The van der Waals surface area contributed by atoms with E-state index < -0.39 is 43.6 Å². The second kappa shape index (κ2) is 6.04. The van der Waals surface area contributed by atoms with Crippen LogP contribution in [0, 0.1) is 11.6 Å². The number of benzene rings is 1. The van der Waals surface area contributed by atoms with Crippen LogP contribution < -0.4 is 10.5 Å². The Balaban J connectivity index is 3.24. The van der Waals surface area contributed by atoms with Gasteiger partial charge in [-0.3, -0.25) is 4.79 Å². The molecular weight excluding hydrogens is 306 g/mol. The van der Waals surface area contributed by atoms with Crippen LogP contribution in [0.5, 0.6) is 0 Å². The molecular formula is C12H16F2N2O4S. The number of ether oxygens (including phenoxy) is 1. The van der Waals surface area contributed by atoms with E-state index in [1.807, 2.05) is 0 Å². The van der Waals surface area contributed by atoms with Crippen molar-refractivity contribution in [3.8, 4) is 0 Å². The van der Waals surface area contributed by atoms with Gasteiger partial charge < -0.3 is 10.1 Å². The highest BCUT2D eigenvalue weighted by molar-refractivity contribution is 7.89. The van der Waals surface area contributed by atoms with Gasteiger partial charge in [0, 0.05) is 7.11 Å². The molecule has 0 atom stereocenters. The van der Waals surface area contributed by atoms with Crippen molar-refractivity contribution in [1.29, 1.82) is 0 Å². The quantitative estimate of drug-likeness (QED) is 0.836. The van der Waals surface area contributed by atoms with Crippen molar-refractivity contribution in [1.82, 2.24) is 5.32 Å². The first kappa shape index (κ1) is 17.5. The van der Waals surface area contributed by atoms with Gasteiger partial charge in [-0.25, -0.2) is 22.3 Å². The summed E-state index contributed by atoms with van der Waals surface area (Å²) in [6, 6.07) is 1.10. The van der Waals surface area contributed by atoms with Crippen molar-refractivity contribution < 1.29 is 26.7 Å². The summed E-state index contributed by atoms with van der Waals surface area (Å²) in [6.07, 6.45) is 0. The first-order chi connectivity index (χ1) is 9.48. The van der Waals surface area contributed by atoms with Crippen LogP contribution in [0.3, 0.4) is 0 Å². The highest BCUT2D eigenvalue weighted by atomic mass is 32.2. The number of carbonyl (C=O) groups is 1. The average Bonchev–Trinajstić information content (AvgIpc) is 2.29. The van der Waals surface area contributed by atoms with E-state index in [-0.39, 0.29) is 6.61 Å². The lowest BCUT2D eigenvalue weighted by Crippen LogP contribution is -2.47. The predicted molar refractivity (Wildman–Crippen MR) is 71.2 cm³/mol. The number of carbonyl (C=O) groups excluding carboxylic acids is 1. The van der Waals surface area contributed by atoms with Gasteiger partial charge in [-0.1, -0.05) is 0 Å². The Hall–Kier alpha value is -1.58. The molecule has 0 unspecified atom stereocenters. The zero-order valence-corrected chi connectivity index (χ0v) is 12.6. The molecule has 1 rings (SSSR count). The molecule has 0 aliphatic heterocycles. The van der Waals surface area contributed by atoms with Crippen molar-refractivity contribution >= 4 is 15.9 Å². The van der Waals surface area contributed by atoms with Crippen LogP contribution in [-0.2, 0) is 14.8 Å². The average molecular weight is 322 g/mol. The fourth-order valence-corrected chi connectivity index (χ4v) is 2.22. The smallest absolute Gasteiger partial charge is 0.254 e. The van der Waals surface area contributed by atoms with Crippen LogP contribution in [-0.4, -0.2) is 33.6 Å². The molecule has 0 bridgehead atoms. The maximum absolute atomic E-state index is 13.7. The van der Waals surface area contributed by atoms with Gasteiger partial charge in [0.05, 0.1) is 22.6 Å². The zero-order chi connectivity index (χ0) is 16.4. The maximum atomic E-state index is 13.7. The van der Waals surface area contributed by atoms with Crippen molar-refractivity contribution in [3.63, 3.8) is 0 Å². The molecule has 0 fully saturated rings. The molecule has 0 radical (unpaired) electrons. The van der Waals surface area contributed by atoms with E-state index in [9.17, 15) is 22.0 Å². The SMILES string of the molecule is COCC(C)(C)NC(=O)c1cc(S(N)(=O)=O)cc(F)c1F. The predicted octanol–water partition coefficient (Wildman–Crippen LogP) is 0.767. The highest BCUT2D eigenvalue weighted by Crippen LogP contribution is 2.19. The van der Waals surface area contributed by atoms with Gasteiger partial charge >= 0.3 is 0 Å². The van der Waals surface area contributed by atoms with E-state index >= 15 is 0 Å². The number of nitrogens with two attached hydrogens (primary N) is 1. The van der Waals surface area contributed by atoms with Gasteiger partial charge in [0.2, 0.25) is 10.0 Å². The molecule has 9 heteroatoms. The second-order valence-electron chi connectivity index (χ2n) is 5.08. The van der Waals surface area contributed by atoms with Crippen LogP contribution >= 0.6 is 0 Å². The minimum Gasteiger partial charge on any atom is -0.382 e. The molecule has 0 spiro atoms. The Morgan fingerprint density at radius 1 is 1.38 bits per heavy atom. The summed E-state index contributed by atoms with van der Waals surface area (Å²) < 4.78 is 54.4. The van der Waals surface area contributed by atoms with E-state index in [1.165, 1.54) is 7.11 Å². The molecule has 0 aliphatic carbocycles. The van der Waals surface area contributed by atoms with Crippen molar-refractivity contribution in [3.05, 3.63) is 29.3 Å². The van der Waals surface area contributed by atoms with E-state index in [0.717, 1.165) is 0 Å². The Morgan fingerprint density at radius 3 is 2.43 bits per heavy atom. The summed E-state index contributed by atoms with van der Waals surface area (Å²) in [4.78, 5) is 11.3. The molecule has 0 aromatic heterocycles. The molecule has 3 N–H and O–H groups in total. The van der Waals surface area contributed by atoms with E-state index in [2.05, 4.69) is 5.32 Å². The molecule has 1 amide bonds. The van der Waals surface area contributed by atoms with Crippen LogP contribution in [0.4, 0.5) is 8.78 Å². The van der Waals surface area contributed by atoms with Crippen LogP contribution in [0.2, 0.25) is 0 Å². The first-order valence-electron chi connectivity index (χ1n) is 5.81. The number of rotatable bonds is 5. The normalized spacial score (nSPS) is 12.3. The fourth-order valence-electron chi connectivity index (χ4n) is 1.67. The molecule has 118 valence electrons. The van der Waals surface area contributed by atoms with Gasteiger partial charge in [-0.15, -0.1) is 0 Å². The summed E-state index contributed by atoms with van der Waals surface area (Å²) in [6.45, 7) is 3.33. The first-order valence-corrected chi connectivity index (χ1v) is 7.36. The molecule has 21 heavy (non-hydrogen) atoms. The second-order valence-corrected chi connectivity index (χ2v) is 6.64. The summed E-state index contributed by atoms with van der Waals surface area (Å²) in [5.74, 6) is -3.90. The fraction of sp³-hybridized carbons (Fsp3) is 0.417. The van der Waals surface area contributed by atoms with Gasteiger partial charge in [-0.05, 0) is 26.0 Å². The Kier molecular flexibility index (Phi) is 5.03. The van der Waals surface area contributed by atoms with Gasteiger partial charge in [0.15, 0.2) is 11.6 Å². The number of halogens is 2. The third-order valence-electron chi connectivity index (χ3n) is 2.53. The van der Waals surface area contributed by atoms with Crippen LogP contribution in [0.1, 0.15) is 24.2 Å². The summed E-state index contributed by atoms with van der Waals surface area (Å²) >= 11 is 0. The molecule has 1 aromatic rings. The number of methoxy groups -OCH3 is 1. The monoisotopic (exact) mass is 322 g/mol. The van der Waals surface area contributed by atoms with Crippen LogP contribution in [0.25, 0.3) is 0 Å². The standard InChI is InChI=1S/C12H16F2N2O4S/c1-12(2,6-20-3)16-11(17)8-4-7(21(15,18)19)5-9(13)10(8)14/h4-5H,6H2,1-3H3,(H,16,17)(H2,15,18,19). The molecule has 0 heterocycles. The number of sulfonamides is 1.